The second-order valence-corrected chi connectivity index (χ2v) is 6.52. The van der Waals surface area contributed by atoms with Crippen LogP contribution in [0.5, 0.6) is 0 Å². The number of benzene rings is 2. The Morgan fingerprint density at radius 1 is 1.18 bits per heavy atom. The first-order chi connectivity index (χ1) is 13.3. The molecule has 2 aromatic carbocycles. The highest BCUT2D eigenvalue weighted by atomic mass is 16.4. The molecule has 1 aliphatic heterocycles. The molecular weight excluding hydrogens is 356 g/mol. The molecule has 0 spiro atoms. The van der Waals surface area contributed by atoms with Crippen molar-refractivity contribution in [1.29, 1.82) is 0 Å². The van der Waals surface area contributed by atoms with Gasteiger partial charge in [0.1, 0.15) is 0 Å². The Labute approximate surface area is 165 Å². The molecule has 0 saturated heterocycles. The molecule has 1 aliphatic rings. The maximum atomic E-state index is 8.89. The third kappa shape index (κ3) is 6.81. The minimum atomic E-state index is -1.08. The number of rotatable bonds is 4. The second-order valence-electron chi connectivity index (χ2n) is 6.52. The fourth-order valence-electron chi connectivity index (χ4n) is 2.61. The van der Waals surface area contributed by atoms with E-state index in [4.69, 9.17) is 9.90 Å². The van der Waals surface area contributed by atoms with Crippen LogP contribution in [0.2, 0.25) is 0 Å². The number of carboxylic acids is 1. The lowest BCUT2D eigenvalue weighted by molar-refractivity contribution is -0.887. The van der Waals surface area contributed by atoms with Gasteiger partial charge in [0, 0.05) is 24.7 Å². The van der Waals surface area contributed by atoms with E-state index in [1.165, 1.54) is 5.56 Å². The van der Waals surface area contributed by atoms with Gasteiger partial charge in [-0.3, -0.25) is 4.90 Å². The van der Waals surface area contributed by atoms with Crippen molar-refractivity contribution >= 4 is 23.3 Å². The van der Waals surface area contributed by atoms with Gasteiger partial charge in [0.2, 0.25) is 0 Å². The SMILES string of the molecule is CC(=O)[O-].CC(Nc1ccc(N=NC2=N[NH+](C)CN2C)cc1)c1ccccc1. The maximum absolute atomic E-state index is 8.89. The summed E-state index contributed by atoms with van der Waals surface area (Å²) in [6.07, 6.45) is 0. The van der Waals surface area contributed by atoms with Crippen LogP contribution in [-0.4, -0.2) is 37.6 Å². The van der Waals surface area contributed by atoms with E-state index in [2.05, 4.69) is 51.8 Å². The minimum Gasteiger partial charge on any atom is -0.550 e. The smallest absolute Gasteiger partial charge is 0.301 e. The van der Waals surface area contributed by atoms with Crippen LogP contribution in [-0.2, 0) is 4.79 Å². The molecule has 3 rings (SSSR count). The zero-order valence-corrected chi connectivity index (χ0v) is 16.6. The summed E-state index contributed by atoms with van der Waals surface area (Å²) in [6, 6.07) is 18.6. The number of hydrogen-bond donors (Lipinski definition) is 2. The third-order valence-electron chi connectivity index (χ3n) is 3.90. The van der Waals surface area contributed by atoms with Crippen LogP contribution >= 0.6 is 0 Å². The Hall–Kier alpha value is -3.26. The standard InChI is InChI=1S/C18H22N6.C2H4O2/c1-14(15-7-5-4-6-8-15)19-16-9-11-17(12-10-16)20-21-18-22-24(3)13-23(18)2;1-2(3)4/h4-12,14,19H,13H2,1-3H3;1H3,(H,3,4). The Balaban J connectivity index is 0.000000640. The van der Waals surface area contributed by atoms with Gasteiger partial charge in [0.05, 0.1) is 12.7 Å². The highest BCUT2D eigenvalue weighted by Crippen LogP contribution is 2.22. The highest BCUT2D eigenvalue weighted by molar-refractivity contribution is 5.80. The quantitative estimate of drug-likeness (QED) is 0.781. The molecule has 2 unspecified atom stereocenters. The lowest BCUT2D eigenvalue weighted by Gasteiger charge is -2.15. The largest absolute Gasteiger partial charge is 0.550 e. The van der Waals surface area contributed by atoms with E-state index < -0.39 is 5.97 Å². The first-order valence-electron chi connectivity index (χ1n) is 8.98. The predicted octanol–water partition coefficient (Wildman–Crippen LogP) is 1.39. The van der Waals surface area contributed by atoms with E-state index in [9.17, 15) is 0 Å². The molecule has 28 heavy (non-hydrogen) atoms. The molecule has 0 aromatic heterocycles. The number of quaternary nitrogens is 1. The van der Waals surface area contributed by atoms with Crippen LogP contribution in [0.15, 0.2) is 69.9 Å². The summed E-state index contributed by atoms with van der Waals surface area (Å²) in [5.41, 5.74) is 3.13. The summed E-state index contributed by atoms with van der Waals surface area (Å²) in [5.74, 6) is -0.424. The van der Waals surface area contributed by atoms with Crippen molar-refractivity contribution in [3.05, 3.63) is 60.2 Å². The number of carbonyl (C=O) groups excluding carboxylic acids is 1. The average Bonchev–Trinajstić information content (AvgIpc) is 2.98. The number of hydrogen-bond acceptors (Lipinski definition) is 7. The van der Waals surface area contributed by atoms with Gasteiger partial charge in [-0.25, -0.2) is 0 Å². The van der Waals surface area contributed by atoms with E-state index in [1.807, 2.05) is 49.3 Å². The molecule has 8 nitrogen and oxygen atoms in total. The Bertz CT molecular complexity index is 816. The van der Waals surface area contributed by atoms with Crippen molar-refractivity contribution in [3.8, 4) is 0 Å². The zero-order valence-electron chi connectivity index (χ0n) is 16.6. The van der Waals surface area contributed by atoms with Crippen LogP contribution in [0.4, 0.5) is 11.4 Å². The molecule has 1 heterocycles. The van der Waals surface area contributed by atoms with Gasteiger partial charge in [-0.2, -0.15) is 5.01 Å². The molecule has 0 bridgehead atoms. The number of nitrogens with zero attached hydrogens (tertiary/aromatic N) is 4. The first-order valence-corrected chi connectivity index (χ1v) is 8.98. The van der Waals surface area contributed by atoms with Gasteiger partial charge in [0.25, 0.3) is 0 Å². The fourth-order valence-corrected chi connectivity index (χ4v) is 2.61. The normalized spacial score (nSPS) is 16.9. The summed E-state index contributed by atoms with van der Waals surface area (Å²) in [6.45, 7) is 3.93. The van der Waals surface area contributed by atoms with Crippen molar-refractivity contribution in [1.82, 2.24) is 4.90 Å². The average molecular weight is 382 g/mol. The zero-order chi connectivity index (χ0) is 20.5. The molecule has 0 fully saturated rings. The first kappa shape index (κ1) is 21.0. The van der Waals surface area contributed by atoms with Crippen LogP contribution in [0, 0.1) is 0 Å². The molecule has 8 heteroatoms. The molecule has 2 N–H and O–H groups in total. The highest BCUT2D eigenvalue weighted by Gasteiger charge is 2.20. The number of nitrogens with one attached hydrogen (secondary N) is 2. The van der Waals surface area contributed by atoms with Crippen molar-refractivity contribution in [3.63, 3.8) is 0 Å². The molecule has 0 saturated carbocycles. The molecule has 0 radical (unpaired) electrons. The van der Waals surface area contributed by atoms with Gasteiger partial charge in [-0.1, -0.05) is 30.3 Å². The Morgan fingerprint density at radius 3 is 2.32 bits per heavy atom. The third-order valence-corrected chi connectivity index (χ3v) is 3.90. The van der Waals surface area contributed by atoms with E-state index >= 15 is 0 Å². The monoisotopic (exact) mass is 382 g/mol. The van der Waals surface area contributed by atoms with Crippen molar-refractivity contribution < 1.29 is 14.9 Å². The number of carbonyl (C=O) groups is 1. The Kier molecular flexibility index (Phi) is 7.65. The van der Waals surface area contributed by atoms with Crippen LogP contribution in [0.25, 0.3) is 0 Å². The van der Waals surface area contributed by atoms with E-state index in [0.717, 1.165) is 30.0 Å². The summed E-state index contributed by atoms with van der Waals surface area (Å²) >= 11 is 0. The van der Waals surface area contributed by atoms with Gasteiger partial charge >= 0.3 is 5.96 Å². The van der Waals surface area contributed by atoms with Gasteiger partial charge in [-0.05, 0) is 48.8 Å². The summed E-state index contributed by atoms with van der Waals surface area (Å²) in [4.78, 5) is 10.9. The topological polar surface area (TPSA) is 96.9 Å². The van der Waals surface area contributed by atoms with Gasteiger partial charge < -0.3 is 15.2 Å². The molecule has 0 aliphatic carbocycles. The molecule has 2 aromatic rings. The van der Waals surface area contributed by atoms with E-state index in [0.29, 0.717) is 5.96 Å². The number of carboxylic acid groups (broad SMARTS) is 1. The van der Waals surface area contributed by atoms with Crippen molar-refractivity contribution in [2.24, 2.45) is 15.3 Å². The van der Waals surface area contributed by atoms with Crippen LogP contribution in [0.1, 0.15) is 25.5 Å². The minimum absolute atomic E-state index is 0.249. The van der Waals surface area contributed by atoms with Gasteiger partial charge in [0.15, 0.2) is 6.67 Å². The summed E-state index contributed by atoms with van der Waals surface area (Å²) in [5, 5.41) is 26.3. The maximum Gasteiger partial charge on any atom is 0.301 e. The molecule has 2 atom stereocenters. The number of guanidine groups is 1. The van der Waals surface area contributed by atoms with Gasteiger partial charge in [-0.15, -0.1) is 10.2 Å². The number of aliphatic carboxylic acids is 1. The summed E-state index contributed by atoms with van der Waals surface area (Å²) in [7, 11) is 3.96. The van der Waals surface area contributed by atoms with Crippen molar-refractivity contribution in [2.75, 3.05) is 26.1 Å². The number of anilines is 1. The van der Waals surface area contributed by atoms with E-state index in [-0.39, 0.29) is 6.04 Å². The lowest BCUT2D eigenvalue weighted by atomic mass is 10.1. The molecule has 148 valence electrons. The molecular formula is C20H26N6O2. The second kappa shape index (κ2) is 10.2. The predicted molar refractivity (Wildman–Crippen MR) is 107 cm³/mol. The van der Waals surface area contributed by atoms with E-state index in [1.54, 1.807) is 0 Å². The fraction of sp³-hybridized carbons (Fsp3) is 0.300. The summed E-state index contributed by atoms with van der Waals surface area (Å²) < 4.78 is 0. The van der Waals surface area contributed by atoms with Crippen LogP contribution in [0.3, 0.4) is 0 Å². The molecule has 0 amide bonds. The lowest BCUT2D eigenvalue weighted by Crippen LogP contribution is -3.03. The Morgan fingerprint density at radius 2 is 1.79 bits per heavy atom. The number of azo groups is 1. The van der Waals surface area contributed by atoms with Crippen molar-refractivity contribution in [2.45, 2.75) is 19.9 Å². The van der Waals surface area contributed by atoms with Crippen LogP contribution < -0.4 is 15.4 Å².